The van der Waals surface area contributed by atoms with Gasteiger partial charge in [-0.1, -0.05) is 41.6 Å². The average molecular weight is 549 g/mol. The van der Waals surface area contributed by atoms with Crippen LogP contribution in [0.3, 0.4) is 0 Å². The summed E-state index contributed by atoms with van der Waals surface area (Å²) in [6.07, 6.45) is -4.31. The summed E-state index contributed by atoms with van der Waals surface area (Å²) in [5.74, 6) is -2.67. The maximum Gasteiger partial charge on any atom is 1.00 e. The zero-order valence-corrected chi connectivity index (χ0v) is 25.0. The Hall–Kier alpha value is -2.48. The molecule has 1 atom stereocenters. The molecule has 1 aromatic heterocycles. The van der Waals surface area contributed by atoms with E-state index in [4.69, 9.17) is 0 Å². The fraction of sp³-hybridized carbons (Fsp3) is 0.208. The number of anilines is 1. The van der Waals surface area contributed by atoms with Crippen molar-refractivity contribution in [1.29, 1.82) is 0 Å². The van der Waals surface area contributed by atoms with Gasteiger partial charge in [-0.15, -0.1) is 13.2 Å². The first-order valence-electron chi connectivity index (χ1n) is 10.4. The first-order valence-corrected chi connectivity index (χ1v) is 10.4. The zero-order valence-electron chi connectivity index (χ0n) is 21.0. The first kappa shape index (κ1) is 33.5. The van der Waals surface area contributed by atoms with Gasteiger partial charge >= 0.3 is 71.5 Å². The number of urea groups is 1. The summed E-state index contributed by atoms with van der Waals surface area (Å²) in [5, 5.41) is 27.9. The number of ether oxygens (including phenoxy) is 1. The SMILES string of the molecule is Cc1cc(-c2cccc(OC(F)(F)F)c2)cc([C@H](CC(=O)[O-])NC(=O)Nc2c([O-])ccn(C)c2=O)c1.[Na+].[Na+]. The Kier molecular flexibility index (Phi) is 12.4. The number of nitrogens with one attached hydrogen (secondary N) is 2. The molecule has 0 radical (unpaired) electrons. The summed E-state index contributed by atoms with van der Waals surface area (Å²) in [5.41, 5.74) is 0.428. The van der Waals surface area contributed by atoms with E-state index >= 15 is 0 Å². The van der Waals surface area contributed by atoms with Crippen molar-refractivity contribution >= 4 is 17.7 Å². The number of carbonyl (C=O) groups excluding carboxylic acids is 2. The number of halogens is 3. The van der Waals surface area contributed by atoms with Crippen LogP contribution in [-0.2, 0) is 11.8 Å². The number of hydrogen-bond donors (Lipinski definition) is 2. The van der Waals surface area contributed by atoms with Crippen LogP contribution in [0.1, 0.15) is 23.6 Å². The third-order valence-corrected chi connectivity index (χ3v) is 5.05. The van der Waals surface area contributed by atoms with Gasteiger partial charge in [0.2, 0.25) is 0 Å². The average Bonchev–Trinajstić information content (AvgIpc) is 2.77. The molecule has 0 saturated heterocycles. The molecule has 14 heteroatoms. The zero-order chi connectivity index (χ0) is 26.6. The number of carbonyl (C=O) groups is 2. The minimum atomic E-state index is -4.88. The molecule has 9 nitrogen and oxygen atoms in total. The molecule has 190 valence electrons. The number of nitrogens with zero attached hydrogens (tertiary/aromatic N) is 1. The number of benzene rings is 2. The van der Waals surface area contributed by atoms with Crippen molar-refractivity contribution in [3.63, 3.8) is 0 Å². The summed E-state index contributed by atoms with van der Waals surface area (Å²) < 4.78 is 42.9. The van der Waals surface area contributed by atoms with Crippen molar-refractivity contribution in [3.05, 3.63) is 76.2 Å². The Bertz CT molecular complexity index is 1360. The van der Waals surface area contributed by atoms with Crippen LogP contribution in [0, 0.1) is 6.92 Å². The van der Waals surface area contributed by atoms with Gasteiger partial charge in [-0.3, -0.25) is 4.79 Å². The maximum atomic E-state index is 12.6. The van der Waals surface area contributed by atoms with Gasteiger partial charge in [-0.2, -0.15) is 0 Å². The van der Waals surface area contributed by atoms with Crippen LogP contribution in [0.2, 0.25) is 0 Å². The van der Waals surface area contributed by atoms with Crippen LogP contribution in [0.15, 0.2) is 59.5 Å². The van der Waals surface area contributed by atoms with Gasteiger partial charge in [0.15, 0.2) is 0 Å². The van der Waals surface area contributed by atoms with Crippen molar-refractivity contribution < 1.29 is 96.8 Å². The molecule has 0 bridgehead atoms. The van der Waals surface area contributed by atoms with Crippen LogP contribution in [0.5, 0.6) is 11.5 Å². The van der Waals surface area contributed by atoms with Crippen LogP contribution in [-0.4, -0.2) is 22.9 Å². The Balaban J connectivity index is 0.00000361. The molecule has 0 unspecified atom stereocenters. The van der Waals surface area contributed by atoms with Gasteiger partial charge in [0.05, 0.1) is 6.04 Å². The molecule has 0 fully saturated rings. The molecule has 0 aliphatic rings. The number of pyridine rings is 1. The minimum Gasteiger partial charge on any atom is -0.871 e. The smallest absolute Gasteiger partial charge is 0.871 e. The second-order valence-corrected chi connectivity index (χ2v) is 7.91. The predicted octanol–water partition coefficient (Wildman–Crippen LogP) is -3.66. The second-order valence-electron chi connectivity index (χ2n) is 7.91. The van der Waals surface area contributed by atoms with Crippen LogP contribution < -0.4 is 90.3 Å². The molecule has 3 rings (SSSR count). The fourth-order valence-corrected chi connectivity index (χ4v) is 3.51. The minimum absolute atomic E-state index is 0. The van der Waals surface area contributed by atoms with Gasteiger partial charge in [-0.05, 0) is 41.8 Å². The van der Waals surface area contributed by atoms with Crippen molar-refractivity contribution in [1.82, 2.24) is 9.88 Å². The molecule has 0 aliphatic heterocycles. The summed E-state index contributed by atoms with van der Waals surface area (Å²) in [7, 11) is 1.38. The van der Waals surface area contributed by atoms with Gasteiger partial charge in [-0.25, -0.2) is 4.79 Å². The number of alkyl halides is 3. The number of amides is 2. The van der Waals surface area contributed by atoms with E-state index in [2.05, 4.69) is 15.4 Å². The van der Waals surface area contributed by atoms with Gasteiger partial charge in [0.1, 0.15) is 11.4 Å². The number of aryl methyl sites for hydroxylation is 2. The monoisotopic (exact) mass is 549 g/mol. The second kappa shape index (κ2) is 14.1. The number of aromatic nitrogens is 1. The van der Waals surface area contributed by atoms with Crippen molar-refractivity contribution in [2.24, 2.45) is 7.05 Å². The quantitative estimate of drug-likeness (QED) is 0.292. The molecule has 1 heterocycles. The summed E-state index contributed by atoms with van der Waals surface area (Å²) in [6.45, 7) is 1.68. The number of carboxylic acid groups (broad SMARTS) is 1. The molecule has 2 N–H and O–H groups in total. The van der Waals surface area contributed by atoms with Crippen LogP contribution in [0.4, 0.5) is 23.7 Å². The van der Waals surface area contributed by atoms with Gasteiger partial charge < -0.3 is 34.9 Å². The molecular weight excluding hydrogens is 529 g/mol. The van der Waals surface area contributed by atoms with E-state index in [1.165, 1.54) is 37.5 Å². The van der Waals surface area contributed by atoms with E-state index in [1.807, 2.05) is 0 Å². The number of rotatable bonds is 7. The van der Waals surface area contributed by atoms with Crippen LogP contribution in [0.25, 0.3) is 11.1 Å². The van der Waals surface area contributed by atoms with Crippen molar-refractivity contribution in [2.75, 3.05) is 5.32 Å². The fourth-order valence-electron chi connectivity index (χ4n) is 3.51. The van der Waals surface area contributed by atoms with E-state index in [0.717, 1.165) is 16.7 Å². The van der Waals surface area contributed by atoms with E-state index in [0.29, 0.717) is 22.3 Å². The Morgan fingerprint density at radius 1 is 1.08 bits per heavy atom. The van der Waals surface area contributed by atoms with Crippen LogP contribution >= 0.6 is 0 Å². The molecular formula is C24H20F3N3Na2O6. The standard InChI is InChI=1S/C24H22F3N3O6.2Na/c1-13-8-15(14-4-3-5-17(11-14)36-24(25,26)27)10-16(9-13)18(12-20(32)33)28-23(35)29-21-19(31)6-7-30(2)22(21)34;;/h3-11,18,31H,12H2,1-2H3,(H,32,33)(H2,28,29,35);;/q;2*+1/p-2/t18-;;/m0../s1. The molecule has 0 saturated carbocycles. The first-order chi connectivity index (χ1) is 16.8. The molecule has 2 aromatic carbocycles. The third-order valence-electron chi connectivity index (χ3n) is 5.05. The topological polar surface area (TPSA) is 136 Å². The van der Waals surface area contributed by atoms with Gasteiger partial charge in [0, 0.05) is 25.6 Å². The summed E-state index contributed by atoms with van der Waals surface area (Å²) in [6, 6.07) is 8.85. The van der Waals surface area contributed by atoms with E-state index in [-0.39, 0.29) is 59.1 Å². The number of hydrogen-bond acceptors (Lipinski definition) is 6. The third kappa shape index (κ3) is 9.37. The van der Waals surface area contributed by atoms with Crippen molar-refractivity contribution in [3.8, 4) is 22.6 Å². The molecule has 38 heavy (non-hydrogen) atoms. The largest absolute Gasteiger partial charge is 1.00 e. The normalized spacial score (nSPS) is 11.4. The molecule has 3 aromatic rings. The van der Waals surface area contributed by atoms with E-state index in [1.54, 1.807) is 19.1 Å². The maximum absolute atomic E-state index is 12.6. The van der Waals surface area contributed by atoms with E-state index in [9.17, 15) is 37.8 Å². The molecule has 0 aliphatic carbocycles. The van der Waals surface area contributed by atoms with E-state index < -0.39 is 53.6 Å². The Labute approximate surface area is 259 Å². The number of carboxylic acids is 1. The van der Waals surface area contributed by atoms with Gasteiger partial charge in [0.25, 0.3) is 5.56 Å². The molecule has 0 spiro atoms. The number of aliphatic carboxylic acids is 1. The predicted molar refractivity (Wildman–Crippen MR) is 119 cm³/mol. The van der Waals surface area contributed by atoms with Crippen molar-refractivity contribution in [2.45, 2.75) is 25.7 Å². The summed E-state index contributed by atoms with van der Waals surface area (Å²) in [4.78, 5) is 36.1. The molecule has 2 amide bonds. The summed E-state index contributed by atoms with van der Waals surface area (Å²) >= 11 is 0. The Morgan fingerprint density at radius 3 is 2.39 bits per heavy atom. The Morgan fingerprint density at radius 2 is 1.76 bits per heavy atom.